The number of amides is 3. The highest BCUT2D eigenvalue weighted by Crippen LogP contribution is 2.18. The summed E-state index contributed by atoms with van der Waals surface area (Å²) < 4.78 is 6.58. The number of aromatic nitrogens is 4. The standard InChI is InChI=1S/C19H24N6O4/c1-13(17(26)22-19(28)21-15-9-5-6-10-15)29-18(27)16(25-12-20-23-24-25)11-14-7-3-2-4-8-14/h2-4,7-8,12-13,15-16H,5-6,9-11H2,1H3,(H2,21,22,26,28)/t13-,16+/m0/s1. The summed E-state index contributed by atoms with van der Waals surface area (Å²) in [6.07, 6.45) is 4.39. The van der Waals surface area contributed by atoms with Crippen molar-refractivity contribution in [2.24, 2.45) is 0 Å². The summed E-state index contributed by atoms with van der Waals surface area (Å²) in [5, 5.41) is 15.9. The van der Waals surface area contributed by atoms with Crippen LogP contribution in [-0.2, 0) is 20.7 Å². The Morgan fingerprint density at radius 1 is 1.21 bits per heavy atom. The van der Waals surface area contributed by atoms with E-state index in [1.165, 1.54) is 17.9 Å². The number of carbonyl (C=O) groups is 3. The number of benzene rings is 1. The van der Waals surface area contributed by atoms with Gasteiger partial charge in [-0.15, -0.1) is 5.10 Å². The van der Waals surface area contributed by atoms with Crippen molar-refractivity contribution >= 4 is 17.9 Å². The quantitative estimate of drug-likeness (QED) is 0.667. The summed E-state index contributed by atoms with van der Waals surface area (Å²) >= 11 is 0. The second-order valence-electron chi connectivity index (χ2n) is 7.02. The first kappa shape index (κ1) is 20.4. The number of nitrogens with zero attached hydrogens (tertiary/aromatic N) is 4. The molecular formula is C19H24N6O4. The maximum Gasteiger partial charge on any atom is 0.332 e. The minimum Gasteiger partial charge on any atom is -0.451 e. The van der Waals surface area contributed by atoms with Gasteiger partial charge >= 0.3 is 12.0 Å². The van der Waals surface area contributed by atoms with Crippen molar-refractivity contribution in [2.75, 3.05) is 0 Å². The Labute approximate surface area is 168 Å². The summed E-state index contributed by atoms with van der Waals surface area (Å²) in [7, 11) is 0. The monoisotopic (exact) mass is 400 g/mol. The molecule has 10 heteroatoms. The number of urea groups is 1. The van der Waals surface area contributed by atoms with Gasteiger partial charge in [0, 0.05) is 12.5 Å². The van der Waals surface area contributed by atoms with Gasteiger partial charge in [0.1, 0.15) is 6.33 Å². The Hall–Kier alpha value is -3.30. The number of imide groups is 1. The van der Waals surface area contributed by atoms with Gasteiger partial charge in [-0.05, 0) is 35.8 Å². The molecule has 154 valence electrons. The second-order valence-corrected chi connectivity index (χ2v) is 7.02. The molecule has 3 rings (SSSR count). The van der Waals surface area contributed by atoms with Gasteiger partial charge in [-0.3, -0.25) is 10.1 Å². The number of esters is 1. The van der Waals surface area contributed by atoms with E-state index in [2.05, 4.69) is 26.2 Å². The molecule has 1 heterocycles. The van der Waals surface area contributed by atoms with E-state index in [0.29, 0.717) is 6.42 Å². The van der Waals surface area contributed by atoms with Crippen molar-refractivity contribution in [1.29, 1.82) is 0 Å². The smallest absolute Gasteiger partial charge is 0.332 e. The number of carbonyl (C=O) groups excluding carboxylic acids is 3. The Bertz CT molecular complexity index is 820. The SMILES string of the molecule is C[C@H](OC(=O)[C@@H](Cc1ccccc1)n1cnnn1)C(=O)NC(=O)NC1CCCC1. The topological polar surface area (TPSA) is 128 Å². The normalized spacial score (nSPS) is 16.0. The maximum absolute atomic E-state index is 12.7. The molecule has 3 amide bonds. The molecule has 2 atom stereocenters. The fourth-order valence-electron chi connectivity index (χ4n) is 3.24. The van der Waals surface area contributed by atoms with Gasteiger partial charge in [0.25, 0.3) is 5.91 Å². The summed E-state index contributed by atoms with van der Waals surface area (Å²) in [6, 6.07) is 7.99. The molecule has 0 bridgehead atoms. The third-order valence-corrected chi connectivity index (χ3v) is 4.82. The number of rotatable bonds is 7. The molecule has 0 saturated heterocycles. The molecule has 1 aromatic heterocycles. The fraction of sp³-hybridized carbons (Fsp3) is 0.474. The fourth-order valence-corrected chi connectivity index (χ4v) is 3.24. The minimum absolute atomic E-state index is 0.0794. The predicted molar refractivity (Wildman–Crippen MR) is 101 cm³/mol. The number of ether oxygens (including phenoxy) is 1. The van der Waals surface area contributed by atoms with E-state index >= 15 is 0 Å². The molecule has 0 unspecified atom stereocenters. The molecule has 1 saturated carbocycles. The van der Waals surface area contributed by atoms with Crippen molar-refractivity contribution in [1.82, 2.24) is 30.8 Å². The van der Waals surface area contributed by atoms with Gasteiger partial charge in [0.05, 0.1) is 0 Å². The number of nitrogens with one attached hydrogen (secondary N) is 2. The van der Waals surface area contributed by atoms with Crippen LogP contribution in [0.25, 0.3) is 0 Å². The minimum atomic E-state index is -1.15. The predicted octanol–water partition coefficient (Wildman–Crippen LogP) is 1.16. The molecule has 0 aliphatic heterocycles. The molecule has 1 aliphatic carbocycles. The van der Waals surface area contributed by atoms with Crippen molar-refractivity contribution in [2.45, 2.75) is 57.2 Å². The van der Waals surface area contributed by atoms with Crippen molar-refractivity contribution in [3.63, 3.8) is 0 Å². The van der Waals surface area contributed by atoms with Gasteiger partial charge in [0.15, 0.2) is 12.1 Å². The van der Waals surface area contributed by atoms with Gasteiger partial charge < -0.3 is 10.1 Å². The molecular weight excluding hydrogens is 376 g/mol. The van der Waals surface area contributed by atoms with Crippen LogP contribution < -0.4 is 10.6 Å². The lowest BCUT2D eigenvalue weighted by Crippen LogP contribution is -2.47. The summed E-state index contributed by atoms with van der Waals surface area (Å²) in [5.41, 5.74) is 0.887. The van der Waals surface area contributed by atoms with Crippen LogP contribution in [0.1, 0.15) is 44.2 Å². The van der Waals surface area contributed by atoms with Crippen LogP contribution in [0.3, 0.4) is 0 Å². The van der Waals surface area contributed by atoms with Crippen LogP contribution in [-0.4, -0.2) is 50.3 Å². The van der Waals surface area contributed by atoms with E-state index in [1.807, 2.05) is 30.3 Å². The Balaban J connectivity index is 1.57. The third-order valence-electron chi connectivity index (χ3n) is 4.82. The van der Waals surface area contributed by atoms with Gasteiger partial charge in [0.2, 0.25) is 0 Å². The average molecular weight is 400 g/mol. The largest absolute Gasteiger partial charge is 0.451 e. The third kappa shape index (κ3) is 5.84. The zero-order chi connectivity index (χ0) is 20.6. The molecule has 1 aromatic carbocycles. The van der Waals surface area contributed by atoms with Crippen LogP contribution in [0.15, 0.2) is 36.7 Å². The average Bonchev–Trinajstić information content (AvgIpc) is 3.40. The number of hydrogen-bond donors (Lipinski definition) is 2. The molecule has 0 spiro atoms. The summed E-state index contributed by atoms with van der Waals surface area (Å²) in [6.45, 7) is 1.41. The molecule has 2 aromatic rings. The molecule has 0 radical (unpaired) electrons. The zero-order valence-electron chi connectivity index (χ0n) is 16.2. The highest BCUT2D eigenvalue weighted by Gasteiger charge is 2.28. The maximum atomic E-state index is 12.7. The first-order valence-electron chi connectivity index (χ1n) is 9.61. The van der Waals surface area contributed by atoms with Crippen LogP contribution in [0.5, 0.6) is 0 Å². The first-order valence-corrected chi connectivity index (χ1v) is 9.61. The van der Waals surface area contributed by atoms with Crippen LogP contribution in [0.2, 0.25) is 0 Å². The summed E-state index contributed by atoms with van der Waals surface area (Å²) in [5.74, 6) is -1.36. The van der Waals surface area contributed by atoms with Crippen LogP contribution >= 0.6 is 0 Å². The summed E-state index contributed by atoms with van der Waals surface area (Å²) in [4.78, 5) is 36.9. The highest BCUT2D eigenvalue weighted by molar-refractivity contribution is 5.97. The van der Waals surface area contributed by atoms with Crippen LogP contribution in [0.4, 0.5) is 4.79 Å². The van der Waals surface area contributed by atoms with E-state index in [0.717, 1.165) is 31.2 Å². The van der Waals surface area contributed by atoms with Crippen LogP contribution in [0, 0.1) is 0 Å². The van der Waals surface area contributed by atoms with Gasteiger partial charge in [-0.25, -0.2) is 14.3 Å². The van der Waals surface area contributed by atoms with E-state index in [9.17, 15) is 14.4 Å². The van der Waals surface area contributed by atoms with Gasteiger partial charge in [-0.1, -0.05) is 43.2 Å². The van der Waals surface area contributed by atoms with Crippen molar-refractivity contribution in [3.8, 4) is 0 Å². The molecule has 29 heavy (non-hydrogen) atoms. The highest BCUT2D eigenvalue weighted by atomic mass is 16.5. The van der Waals surface area contributed by atoms with E-state index in [-0.39, 0.29) is 6.04 Å². The van der Waals surface area contributed by atoms with Gasteiger partial charge in [-0.2, -0.15) is 0 Å². The van der Waals surface area contributed by atoms with E-state index in [4.69, 9.17) is 4.74 Å². The first-order chi connectivity index (χ1) is 14.0. The number of hydrogen-bond acceptors (Lipinski definition) is 7. The Morgan fingerprint density at radius 2 is 1.93 bits per heavy atom. The van der Waals surface area contributed by atoms with Crippen molar-refractivity contribution in [3.05, 3.63) is 42.2 Å². The lowest BCUT2D eigenvalue weighted by molar-refractivity contribution is -0.158. The molecule has 2 N–H and O–H groups in total. The molecule has 10 nitrogen and oxygen atoms in total. The van der Waals surface area contributed by atoms with E-state index in [1.54, 1.807) is 0 Å². The lowest BCUT2D eigenvalue weighted by Gasteiger charge is -2.19. The zero-order valence-corrected chi connectivity index (χ0v) is 16.2. The number of tetrazole rings is 1. The second kappa shape index (κ2) is 9.76. The molecule has 1 aliphatic rings. The Morgan fingerprint density at radius 3 is 2.59 bits per heavy atom. The van der Waals surface area contributed by atoms with E-state index < -0.39 is 30.1 Å². The lowest BCUT2D eigenvalue weighted by atomic mass is 10.1. The molecule has 1 fully saturated rings. The van der Waals surface area contributed by atoms with Crippen molar-refractivity contribution < 1.29 is 19.1 Å². The Kier molecular flexibility index (Phi) is 6.88.